The van der Waals surface area contributed by atoms with E-state index in [0.29, 0.717) is 18.0 Å². The van der Waals surface area contributed by atoms with Crippen molar-refractivity contribution in [1.29, 1.82) is 0 Å². The van der Waals surface area contributed by atoms with Gasteiger partial charge in [-0.05, 0) is 48.9 Å². The second kappa shape index (κ2) is 10.8. The number of amides is 2. The average molecular weight is 412 g/mol. The number of carbonyl (C=O) groups excluding carboxylic acids is 4. The van der Waals surface area contributed by atoms with Crippen LogP contribution in [0, 0.1) is 0 Å². The lowest BCUT2D eigenvalue weighted by Gasteiger charge is -2.12. The van der Waals surface area contributed by atoms with Crippen molar-refractivity contribution in [2.75, 3.05) is 23.8 Å². The maximum Gasteiger partial charge on any atom is 0.338 e. The van der Waals surface area contributed by atoms with Gasteiger partial charge in [-0.3, -0.25) is 14.4 Å². The highest BCUT2D eigenvalue weighted by molar-refractivity contribution is 6.07. The van der Waals surface area contributed by atoms with E-state index in [1.54, 1.807) is 24.3 Å². The molecular weight excluding hydrogens is 388 g/mol. The van der Waals surface area contributed by atoms with Crippen LogP contribution < -0.4 is 15.4 Å². The lowest BCUT2D eigenvalue weighted by Crippen LogP contribution is -2.17. The average Bonchev–Trinajstić information content (AvgIpc) is 2.70. The molecule has 0 radical (unpaired) electrons. The number of hydrogen-bond acceptors (Lipinski definition) is 6. The fraction of sp³-hybridized carbons (Fsp3) is 0.273. The Labute approximate surface area is 174 Å². The van der Waals surface area contributed by atoms with E-state index in [4.69, 9.17) is 9.47 Å². The minimum atomic E-state index is -0.652. The van der Waals surface area contributed by atoms with Crippen molar-refractivity contribution in [3.05, 3.63) is 53.6 Å². The smallest absolute Gasteiger partial charge is 0.338 e. The Morgan fingerprint density at radius 3 is 2.17 bits per heavy atom. The zero-order valence-corrected chi connectivity index (χ0v) is 17.1. The van der Waals surface area contributed by atoms with Gasteiger partial charge < -0.3 is 20.1 Å². The molecule has 0 aliphatic carbocycles. The molecular formula is C22H24N2O6. The minimum Gasteiger partial charge on any atom is -0.494 e. The number of carbonyl (C=O) groups is 4. The molecule has 0 saturated heterocycles. The summed E-state index contributed by atoms with van der Waals surface area (Å²) in [5, 5.41) is 5.12. The van der Waals surface area contributed by atoms with Crippen LogP contribution in [-0.4, -0.2) is 36.8 Å². The SMILES string of the molecule is CCCOc1ccc(C(=O)OCC(=O)c2ccc(NC(C)=O)cc2NC(C)=O)cc1. The number of benzene rings is 2. The first-order valence-electron chi connectivity index (χ1n) is 9.42. The Morgan fingerprint density at radius 2 is 1.57 bits per heavy atom. The summed E-state index contributed by atoms with van der Waals surface area (Å²) in [5.74, 6) is -1.18. The Balaban J connectivity index is 2.06. The van der Waals surface area contributed by atoms with Crippen LogP contribution in [0.2, 0.25) is 0 Å². The standard InChI is InChI=1S/C22H24N2O6/c1-4-11-29-18-8-5-16(6-9-18)22(28)30-13-21(27)19-10-7-17(23-14(2)25)12-20(19)24-15(3)26/h5-10,12H,4,11,13H2,1-3H3,(H,23,25)(H,24,26). The third-order valence-electron chi connectivity index (χ3n) is 3.85. The first-order valence-corrected chi connectivity index (χ1v) is 9.42. The Kier molecular flexibility index (Phi) is 8.10. The monoisotopic (exact) mass is 412 g/mol. The van der Waals surface area contributed by atoms with Gasteiger partial charge in [-0.1, -0.05) is 6.92 Å². The quantitative estimate of drug-likeness (QED) is 0.482. The maximum atomic E-state index is 12.6. The number of rotatable bonds is 9. The van der Waals surface area contributed by atoms with Crippen LogP contribution >= 0.6 is 0 Å². The van der Waals surface area contributed by atoms with Crippen LogP contribution in [-0.2, 0) is 14.3 Å². The molecule has 0 saturated carbocycles. The van der Waals surface area contributed by atoms with Gasteiger partial charge in [0.1, 0.15) is 5.75 Å². The van der Waals surface area contributed by atoms with Crippen LogP contribution in [0.4, 0.5) is 11.4 Å². The molecule has 2 aromatic carbocycles. The molecule has 2 rings (SSSR count). The topological polar surface area (TPSA) is 111 Å². The molecule has 0 unspecified atom stereocenters. The highest BCUT2D eigenvalue weighted by Crippen LogP contribution is 2.22. The summed E-state index contributed by atoms with van der Waals surface area (Å²) in [5.41, 5.74) is 1.09. The van der Waals surface area contributed by atoms with Gasteiger partial charge in [-0.2, -0.15) is 0 Å². The van der Waals surface area contributed by atoms with Crippen molar-refractivity contribution in [2.24, 2.45) is 0 Å². The number of nitrogens with one attached hydrogen (secondary N) is 2. The van der Waals surface area contributed by atoms with E-state index in [0.717, 1.165) is 6.42 Å². The van der Waals surface area contributed by atoms with Crippen molar-refractivity contribution in [1.82, 2.24) is 0 Å². The summed E-state index contributed by atoms with van der Waals surface area (Å²) in [4.78, 5) is 47.4. The normalized spacial score (nSPS) is 10.1. The van der Waals surface area contributed by atoms with E-state index in [1.807, 2.05) is 6.92 Å². The lowest BCUT2D eigenvalue weighted by molar-refractivity contribution is -0.115. The molecule has 2 aromatic rings. The molecule has 0 aliphatic heterocycles. The molecule has 158 valence electrons. The Morgan fingerprint density at radius 1 is 0.900 bits per heavy atom. The second-order valence-corrected chi connectivity index (χ2v) is 6.49. The molecule has 0 heterocycles. The molecule has 0 bridgehead atoms. The van der Waals surface area contributed by atoms with Crippen LogP contribution in [0.15, 0.2) is 42.5 Å². The minimum absolute atomic E-state index is 0.162. The van der Waals surface area contributed by atoms with Crippen molar-refractivity contribution in [2.45, 2.75) is 27.2 Å². The molecule has 2 N–H and O–H groups in total. The van der Waals surface area contributed by atoms with Crippen LogP contribution in [0.3, 0.4) is 0 Å². The van der Waals surface area contributed by atoms with E-state index in [1.165, 1.54) is 32.0 Å². The van der Waals surface area contributed by atoms with Gasteiger partial charge in [0.05, 0.1) is 17.9 Å². The fourth-order valence-corrected chi connectivity index (χ4v) is 2.56. The molecule has 2 amide bonds. The van der Waals surface area contributed by atoms with E-state index in [2.05, 4.69) is 10.6 Å². The van der Waals surface area contributed by atoms with E-state index < -0.39 is 18.4 Å². The van der Waals surface area contributed by atoms with Crippen LogP contribution in [0.25, 0.3) is 0 Å². The van der Waals surface area contributed by atoms with Gasteiger partial charge in [0.15, 0.2) is 6.61 Å². The first kappa shape index (κ1) is 22.6. The Hall–Kier alpha value is -3.68. The van der Waals surface area contributed by atoms with Crippen molar-refractivity contribution in [3.8, 4) is 5.75 Å². The Bertz CT molecular complexity index is 937. The zero-order chi connectivity index (χ0) is 22.1. The van der Waals surface area contributed by atoms with E-state index in [9.17, 15) is 19.2 Å². The molecule has 0 aliphatic rings. The van der Waals surface area contributed by atoms with Crippen LogP contribution in [0.5, 0.6) is 5.75 Å². The third-order valence-corrected chi connectivity index (χ3v) is 3.85. The molecule has 8 heteroatoms. The zero-order valence-electron chi connectivity index (χ0n) is 17.1. The first-order chi connectivity index (χ1) is 14.3. The van der Waals surface area contributed by atoms with Gasteiger partial charge >= 0.3 is 5.97 Å². The number of hydrogen-bond donors (Lipinski definition) is 2. The summed E-state index contributed by atoms with van der Waals surface area (Å²) in [6.45, 7) is 4.72. The molecule has 8 nitrogen and oxygen atoms in total. The maximum absolute atomic E-state index is 12.6. The predicted octanol–water partition coefficient (Wildman–Crippen LogP) is 3.43. The number of anilines is 2. The van der Waals surface area contributed by atoms with Crippen molar-refractivity contribution >= 4 is 34.9 Å². The van der Waals surface area contributed by atoms with E-state index >= 15 is 0 Å². The largest absolute Gasteiger partial charge is 0.494 e. The van der Waals surface area contributed by atoms with Gasteiger partial charge in [-0.25, -0.2) is 4.79 Å². The number of ketones is 1. The highest BCUT2D eigenvalue weighted by atomic mass is 16.5. The van der Waals surface area contributed by atoms with Gasteiger partial charge in [0.25, 0.3) is 0 Å². The summed E-state index contributed by atoms with van der Waals surface area (Å²) in [6.07, 6.45) is 0.873. The molecule has 0 spiro atoms. The van der Waals surface area contributed by atoms with Gasteiger partial charge in [-0.15, -0.1) is 0 Å². The number of Topliss-reactive ketones (excluding diaryl/α,β-unsaturated/α-hetero) is 1. The van der Waals surface area contributed by atoms with Crippen LogP contribution in [0.1, 0.15) is 47.9 Å². The van der Waals surface area contributed by atoms with Crippen molar-refractivity contribution in [3.63, 3.8) is 0 Å². The summed E-state index contributed by atoms with van der Waals surface area (Å²) < 4.78 is 10.6. The van der Waals surface area contributed by atoms with Gasteiger partial charge in [0, 0.05) is 25.1 Å². The third kappa shape index (κ3) is 6.73. The van der Waals surface area contributed by atoms with E-state index in [-0.39, 0.29) is 28.6 Å². The summed E-state index contributed by atoms with van der Waals surface area (Å²) in [7, 11) is 0. The molecule has 0 aromatic heterocycles. The van der Waals surface area contributed by atoms with Crippen molar-refractivity contribution < 1.29 is 28.7 Å². The highest BCUT2D eigenvalue weighted by Gasteiger charge is 2.17. The molecule has 30 heavy (non-hydrogen) atoms. The molecule has 0 atom stereocenters. The molecule has 0 fully saturated rings. The summed E-state index contributed by atoms with van der Waals surface area (Å²) in [6, 6.07) is 10.9. The summed E-state index contributed by atoms with van der Waals surface area (Å²) >= 11 is 0. The second-order valence-electron chi connectivity index (χ2n) is 6.49. The van der Waals surface area contributed by atoms with Gasteiger partial charge in [0.2, 0.25) is 17.6 Å². The predicted molar refractivity (Wildman–Crippen MR) is 112 cm³/mol. The fourth-order valence-electron chi connectivity index (χ4n) is 2.56. The number of ether oxygens (including phenoxy) is 2. The lowest BCUT2D eigenvalue weighted by atomic mass is 10.1. The number of esters is 1.